The zero-order chi connectivity index (χ0) is 12.0. The summed E-state index contributed by atoms with van der Waals surface area (Å²) < 4.78 is 10.4. The molecule has 0 saturated carbocycles. The molecule has 0 fully saturated rings. The maximum absolute atomic E-state index is 11.2. The van der Waals surface area contributed by atoms with E-state index in [1.165, 1.54) is 0 Å². The molecule has 1 aromatic carbocycles. The number of hydrogen-bond acceptors (Lipinski definition) is 3. The quantitative estimate of drug-likeness (QED) is 0.474. The summed E-state index contributed by atoms with van der Waals surface area (Å²) >= 11 is 3.20. The molecule has 0 spiro atoms. The Balaban J connectivity index is 2.33. The standard InChI is InChI=1S/C12H13BrO3/c1-9(2)12(14)16-11(13)8-15-10-6-4-3-5-7-10/h3-7,11H,1,8H2,2H3. The summed E-state index contributed by atoms with van der Waals surface area (Å²) in [4.78, 5) is 11.2. The molecule has 4 heteroatoms. The van der Waals surface area contributed by atoms with Gasteiger partial charge in [0.2, 0.25) is 0 Å². The number of esters is 1. The fraction of sp³-hybridized carbons (Fsp3) is 0.250. The third-order valence-electron chi connectivity index (χ3n) is 1.71. The number of carbonyl (C=O) groups excluding carboxylic acids is 1. The monoisotopic (exact) mass is 284 g/mol. The molecule has 1 rings (SSSR count). The van der Waals surface area contributed by atoms with Crippen LogP contribution in [0.25, 0.3) is 0 Å². The molecule has 0 amide bonds. The summed E-state index contributed by atoms with van der Waals surface area (Å²) in [7, 11) is 0. The van der Waals surface area contributed by atoms with Gasteiger partial charge in [-0.3, -0.25) is 0 Å². The number of benzene rings is 1. The molecule has 0 heterocycles. The molecule has 0 aliphatic rings. The van der Waals surface area contributed by atoms with E-state index < -0.39 is 11.0 Å². The molecule has 0 bridgehead atoms. The van der Waals surface area contributed by atoms with Crippen molar-refractivity contribution in [3.05, 3.63) is 42.5 Å². The maximum atomic E-state index is 11.2. The first kappa shape index (κ1) is 12.8. The first-order valence-electron chi connectivity index (χ1n) is 4.78. The average molecular weight is 285 g/mol. The summed E-state index contributed by atoms with van der Waals surface area (Å²) in [5.74, 6) is 0.303. The normalized spacial score (nSPS) is 11.6. The fourth-order valence-corrected chi connectivity index (χ4v) is 1.23. The van der Waals surface area contributed by atoms with Crippen LogP contribution in [0.2, 0.25) is 0 Å². The van der Waals surface area contributed by atoms with Gasteiger partial charge < -0.3 is 9.47 Å². The van der Waals surface area contributed by atoms with Crippen LogP contribution in [0.3, 0.4) is 0 Å². The number of halogens is 1. The van der Waals surface area contributed by atoms with Crippen LogP contribution in [0.5, 0.6) is 5.75 Å². The number of carbonyl (C=O) groups is 1. The van der Waals surface area contributed by atoms with Crippen molar-refractivity contribution in [2.75, 3.05) is 6.61 Å². The van der Waals surface area contributed by atoms with Crippen molar-refractivity contribution < 1.29 is 14.3 Å². The Kier molecular flexibility index (Phi) is 5.05. The minimum absolute atomic E-state index is 0.253. The van der Waals surface area contributed by atoms with Gasteiger partial charge in [-0.2, -0.15) is 0 Å². The number of alkyl halides is 1. The number of rotatable bonds is 5. The molecule has 1 unspecified atom stereocenters. The topological polar surface area (TPSA) is 35.5 Å². The van der Waals surface area contributed by atoms with Gasteiger partial charge in [-0.05, 0) is 35.0 Å². The molecule has 0 N–H and O–H groups in total. The van der Waals surface area contributed by atoms with Gasteiger partial charge in [0.1, 0.15) is 12.4 Å². The minimum atomic E-state index is -0.475. The zero-order valence-corrected chi connectivity index (χ0v) is 10.6. The summed E-state index contributed by atoms with van der Waals surface area (Å²) in [5.41, 5.74) is 0.365. The van der Waals surface area contributed by atoms with E-state index in [-0.39, 0.29) is 6.61 Å². The number of para-hydroxylation sites is 1. The average Bonchev–Trinajstić information content (AvgIpc) is 2.27. The molecule has 0 radical (unpaired) electrons. The lowest BCUT2D eigenvalue weighted by atomic mass is 10.3. The van der Waals surface area contributed by atoms with Crippen LogP contribution in [-0.4, -0.2) is 17.6 Å². The fourth-order valence-electron chi connectivity index (χ4n) is 0.929. The van der Waals surface area contributed by atoms with Crippen molar-refractivity contribution in [1.29, 1.82) is 0 Å². The van der Waals surface area contributed by atoms with Crippen LogP contribution in [0.15, 0.2) is 42.5 Å². The van der Waals surface area contributed by atoms with Crippen LogP contribution >= 0.6 is 15.9 Å². The summed E-state index contributed by atoms with van der Waals surface area (Å²) in [6.45, 7) is 5.34. The van der Waals surface area contributed by atoms with Crippen LogP contribution < -0.4 is 4.74 Å². The van der Waals surface area contributed by atoms with E-state index in [1.807, 2.05) is 30.3 Å². The van der Waals surface area contributed by atoms with Crippen molar-refractivity contribution in [1.82, 2.24) is 0 Å². The highest BCUT2D eigenvalue weighted by atomic mass is 79.9. The predicted octanol–water partition coefficient (Wildman–Crippen LogP) is 2.91. The van der Waals surface area contributed by atoms with E-state index in [2.05, 4.69) is 22.5 Å². The number of ether oxygens (including phenoxy) is 2. The molecule has 0 aliphatic carbocycles. The van der Waals surface area contributed by atoms with Crippen molar-refractivity contribution in [3.63, 3.8) is 0 Å². The van der Waals surface area contributed by atoms with Crippen LogP contribution in [-0.2, 0) is 9.53 Å². The third-order valence-corrected chi connectivity index (χ3v) is 2.16. The van der Waals surface area contributed by atoms with Crippen molar-refractivity contribution in [2.24, 2.45) is 0 Å². The lowest BCUT2D eigenvalue weighted by Crippen LogP contribution is -2.19. The molecule has 3 nitrogen and oxygen atoms in total. The molecule has 16 heavy (non-hydrogen) atoms. The predicted molar refractivity (Wildman–Crippen MR) is 65.6 cm³/mol. The van der Waals surface area contributed by atoms with Gasteiger partial charge in [0.25, 0.3) is 0 Å². The van der Waals surface area contributed by atoms with Gasteiger partial charge in [0.05, 0.1) is 0 Å². The molecule has 0 aromatic heterocycles. The molecular weight excluding hydrogens is 272 g/mol. The van der Waals surface area contributed by atoms with E-state index in [9.17, 15) is 4.79 Å². The van der Waals surface area contributed by atoms with Crippen LogP contribution in [0, 0.1) is 0 Å². The lowest BCUT2D eigenvalue weighted by Gasteiger charge is -2.12. The second kappa shape index (κ2) is 6.33. The smallest absolute Gasteiger partial charge is 0.334 e. The maximum Gasteiger partial charge on any atom is 0.334 e. The van der Waals surface area contributed by atoms with Crippen molar-refractivity contribution in [3.8, 4) is 5.75 Å². The molecular formula is C12H13BrO3. The van der Waals surface area contributed by atoms with Gasteiger partial charge in [-0.15, -0.1) is 0 Å². The lowest BCUT2D eigenvalue weighted by molar-refractivity contribution is -0.141. The van der Waals surface area contributed by atoms with E-state index in [1.54, 1.807) is 6.92 Å². The van der Waals surface area contributed by atoms with Gasteiger partial charge in [0, 0.05) is 5.57 Å². The third kappa shape index (κ3) is 4.49. The minimum Gasteiger partial charge on any atom is -0.489 e. The van der Waals surface area contributed by atoms with Gasteiger partial charge >= 0.3 is 5.97 Å². The van der Waals surface area contributed by atoms with Gasteiger partial charge in [0.15, 0.2) is 5.01 Å². The van der Waals surface area contributed by atoms with Crippen LogP contribution in [0.4, 0.5) is 0 Å². The molecule has 1 atom stereocenters. The zero-order valence-electron chi connectivity index (χ0n) is 8.98. The highest BCUT2D eigenvalue weighted by molar-refractivity contribution is 9.09. The second-order valence-corrected chi connectivity index (χ2v) is 4.24. The molecule has 1 aromatic rings. The molecule has 86 valence electrons. The summed E-state index contributed by atoms with van der Waals surface area (Å²) in [6.07, 6.45) is 0. The highest BCUT2D eigenvalue weighted by Crippen LogP contribution is 2.12. The Labute approximate surface area is 103 Å². The van der Waals surface area contributed by atoms with E-state index in [4.69, 9.17) is 9.47 Å². The van der Waals surface area contributed by atoms with E-state index in [0.717, 1.165) is 5.75 Å². The first-order valence-corrected chi connectivity index (χ1v) is 5.69. The van der Waals surface area contributed by atoms with Crippen molar-refractivity contribution in [2.45, 2.75) is 11.9 Å². The van der Waals surface area contributed by atoms with E-state index in [0.29, 0.717) is 5.57 Å². The Morgan fingerprint density at radius 1 is 1.44 bits per heavy atom. The van der Waals surface area contributed by atoms with Gasteiger partial charge in [-0.25, -0.2) is 4.79 Å². The van der Waals surface area contributed by atoms with Crippen LogP contribution in [0.1, 0.15) is 6.92 Å². The number of hydrogen-bond donors (Lipinski definition) is 0. The Morgan fingerprint density at radius 3 is 2.62 bits per heavy atom. The Bertz CT molecular complexity index is 362. The first-order chi connectivity index (χ1) is 7.59. The molecule has 0 aliphatic heterocycles. The van der Waals surface area contributed by atoms with Gasteiger partial charge in [-0.1, -0.05) is 24.8 Å². The largest absolute Gasteiger partial charge is 0.489 e. The Hall–Kier alpha value is -1.29. The van der Waals surface area contributed by atoms with E-state index >= 15 is 0 Å². The highest BCUT2D eigenvalue weighted by Gasteiger charge is 2.11. The summed E-state index contributed by atoms with van der Waals surface area (Å²) in [5, 5.41) is -0.475. The SMILES string of the molecule is C=C(C)C(=O)OC(Br)COc1ccccc1. The Morgan fingerprint density at radius 2 is 2.06 bits per heavy atom. The van der Waals surface area contributed by atoms with Crippen molar-refractivity contribution >= 4 is 21.9 Å². The molecule has 0 saturated heterocycles. The second-order valence-electron chi connectivity index (χ2n) is 3.22. The summed E-state index contributed by atoms with van der Waals surface area (Å²) in [6, 6.07) is 9.32.